The Hall–Kier alpha value is -1.77. The van der Waals surface area contributed by atoms with E-state index in [9.17, 15) is 19.6 Å². The molecule has 0 bridgehead atoms. The number of benzene rings is 1. The largest absolute Gasteiger partial charge is 0.490 e. The van der Waals surface area contributed by atoms with Gasteiger partial charge in [-0.2, -0.15) is 0 Å². The van der Waals surface area contributed by atoms with Gasteiger partial charge in [0.15, 0.2) is 5.75 Å². The van der Waals surface area contributed by atoms with Crippen LogP contribution in [0.2, 0.25) is 0 Å². The second-order valence-corrected chi connectivity index (χ2v) is 4.45. The molecule has 1 aromatic rings. The Balaban J connectivity index is 2.38. The van der Waals surface area contributed by atoms with Crippen LogP contribution < -0.4 is 4.74 Å². The van der Waals surface area contributed by atoms with Crippen molar-refractivity contribution in [1.82, 2.24) is 0 Å². The van der Waals surface area contributed by atoms with Crippen molar-refractivity contribution in [3.8, 4) is 5.75 Å². The molecule has 1 heterocycles. The summed E-state index contributed by atoms with van der Waals surface area (Å²) < 4.78 is 24.0. The van der Waals surface area contributed by atoms with Crippen molar-refractivity contribution in [1.29, 1.82) is 0 Å². The van der Waals surface area contributed by atoms with Gasteiger partial charge in [-0.25, -0.2) is 4.39 Å². The van der Waals surface area contributed by atoms with Crippen LogP contribution in [-0.2, 0) is 4.74 Å². The molecule has 8 heteroatoms. The first-order valence-electron chi connectivity index (χ1n) is 5.94. The minimum absolute atomic E-state index is 0.0347. The number of hydrogen-bond donors (Lipinski definition) is 2. The van der Waals surface area contributed by atoms with Gasteiger partial charge in [-0.05, 0) is 0 Å². The summed E-state index contributed by atoms with van der Waals surface area (Å²) in [6, 6.07) is 1.95. The first kappa shape index (κ1) is 14.6. The zero-order chi connectivity index (χ0) is 14.9. The molecule has 2 rings (SSSR count). The fourth-order valence-electron chi connectivity index (χ4n) is 2.21. The minimum Gasteiger partial charge on any atom is -0.490 e. The molecular weight excluding hydrogens is 273 g/mol. The molecule has 1 aliphatic rings. The smallest absolute Gasteiger partial charge is 0.311 e. The second-order valence-electron chi connectivity index (χ2n) is 4.45. The Labute approximate surface area is 113 Å². The molecule has 110 valence electrons. The highest BCUT2D eigenvalue weighted by Gasteiger charge is 2.36. The number of nitro benzene ring substituents is 1. The van der Waals surface area contributed by atoms with E-state index in [-0.39, 0.29) is 23.4 Å². The van der Waals surface area contributed by atoms with Gasteiger partial charge >= 0.3 is 5.69 Å². The molecule has 0 aliphatic carbocycles. The average Bonchev–Trinajstić information content (AvgIpc) is 2.78. The van der Waals surface area contributed by atoms with Crippen LogP contribution in [0.5, 0.6) is 5.75 Å². The van der Waals surface area contributed by atoms with Gasteiger partial charge in [-0.1, -0.05) is 0 Å². The van der Waals surface area contributed by atoms with Crippen molar-refractivity contribution in [3.05, 3.63) is 33.6 Å². The van der Waals surface area contributed by atoms with E-state index in [2.05, 4.69) is 0 Å². The third-order valence-electron chi connectivity index (χ3n) is 3.25. The number of aliphatic hydroxyl groups is 2. The maximum Gasteiger partial charge on any atom is 0.311 e. The number of aliphatic hydroxyl groups excluding tert-OH is 2. The van der Waals surface area contributed by atoms with E-state index in [0.29, 0.717) is 0 Å². The molecule has 0 spiro atoms. The molecular formula is C12H14FNO6. The number of methoxy groups -OCH3 is 1. The zero-order valence-corrected chi connectivity index (χ0v) is 10.7. The van der Waals surface area contributed by atoms with Crippen LogP contribution in [-0.4, -0.2) is 41.1 Å². The van der Waals surface area contributed by atoms with E-state index in [1.165, 1.54) is 7.11 Å². The van der Waals surface area contributed by atoms with Crippen LogP contribution in [0.1, 0.15) is 18.1 Å². The van der Waals surface area contributed by atoms with Crippen LogP contribution in [0.15, 0.2) is 12.1 Å². The summed E-state index contributed by atoms with van der Waals surface area (Å²) in [4.78, 5) is 10.2. The van der Waals surface area contributed by atoms with E-state index in [1.54, 1.807) is 0 Å². The minimum atomic E-state index is -0.939. The Morgan fingerprint density at radius 3 is 2.80 bits per heavy atom. The van der Waals surface area contributed by atoms with Crippen molar-refractivity contribution < 1.29 is 29.0 Å². The number of hydrogen-bond acceptors (Lipinski definition) is 6. The lowest BCUT2D eigenvalue weighted by Crippen LogP contribution is -2.24. The molecule has 0 radical (unpaired) electrons. The second kappa shape index (κ2) is 5.70. The number of halogens is 1. The van der Waals surface area contributed by atoms with E-state index in [4.69, 9.17) is 14.6 Å². The lowest BCUT2D eigenvalue weighted by Gasteiger charge is -2.14. The number of rotatable bonds is 4. The summed E-state index contributed by atoms with van der Waals surface area (Å²) in [7, 11) is 1.21. The first-order valence-corrected chi connectivity index (χ1v) is 5.94. The van der Waals surface area contributed by atoms with Crippen molar-refractivity contribution in [3.63, 3.8) is 0 Å². The lowest BCUT2D eigenvalue weighted by molar-refractivity contribution is -0.385. The predicted molar refractivity (Wildman–Crippen MR) is 64.9 cm³/mol. The third-order valence-corrected chi connectivity index (χ3v) is 3.25. The normalized spacial score (nSPS) is 25.7. The predicted octanol–water partition coefficient (Wildman–Crippen LogP) is 0.926. The van der Waals surface area contributed by atoms with Crippen molar-refractivity contribution >= 4 is 5.69 Å². The van der Waals surface area contributed by atoms with Crippen LogP contribution in [0.25, 0.3) is 0 Å². The SMILES string of the molecule is COc1cc(F)c([C@H]2C[C@H](O)[C@@H](CO)O2)cc1[N+](=O)[O-]. The maximum atomic E-state index is 14.0. The van der Waals surface area contributed by atoms with E-state index in [0.717, 1.165) is 12.1 Å². The first-order chi connectivity index (χ1) is 9.47. The highest BCUT2D eigenvalue weighted by atomic mass is 19.1. The van der Waals surface area contributed by atoms with Gasteiger partial charge in [-0.3, -0.25) is 10.1 Å². The fourth-order valence-corrected chi connectivity index (χ4v) is 2.21. The fraction of sp³-hybridized carbons (Fsp3) is 0.500. The van der Waals surface area contributed by atoms with Crippen LogP contribution >= 0.6 is 0 Å². The number of nitro groups is 1. The summed E-state index contributed by atoms with van der Waals surface area (Å²) in [6.45, 7) is -0.405. The molecule has 20 heavy (non-hydrogen) atoms. The Bertz CT molecular complexity index is 523. The van der Waals surface area contributed by atoms with Crippen molar-refractivity contribution in [2.45, 2.75) is 24.7 Å². The molecule has 1 saturated heterocycles. The summed E-state index contributed by atoms with van der Waals surface area (Å²) in [5, 5.41) is 29.5. The van der Waals surface area contributed by atoms with Gasteiger partial charge in [0, 0.05) is 24.1 Å². The lowest BCUT2D eigenvalue weighted by atomic mass is 10.0. The Morgan fingerprint density at radius 1 is 1.60 bits per heavy atom. The molecule has 0 amide bonds. The van der Waals surface area contributed by atoms with Crippen molar-refractivity contribution in [2.24, 2.45) is 0 Å². The zero-order valence-electron chi connectivity index (χ0n) is 10.7. The Kier molecular flexibility index (Phi) is 4.17. The average molecular weight is 287 g/mol. The molecule has 0 saturated carbocycles. The van der Waals surface area contributed by atoms with Crippen molar-refractivity contribution in [2.75, 3.05) is 13.7 Å². The highest BCUT2D eigenvalue weighted by molar-refractivity contribution is 5.50. The molecule has 1 aromatic carbocycles. The molecule has 3 atom stereocenters. The maximum absolute atomic E-state index is 14.0. The van der Waals surface area contributed by atoms with E-state index >= 15 is 0 Å². The quantitative estimate of drug-likeness (QED) is 0.631. The molecule has 1 aliphatic heterocycles. The summed E-state index contributed by atoms with van der Waals surface area (Å²) in [5.74, 6) is -0.906. The van der Waals surface area contributed by atoms with Gasteiger partial charge < -0.3 is 19.7 Å². The molecule has 2 N–H and O–H groups in total. The molecule has 7 nitrogen and oxygen atoms in total. The summed E-state index contributed by atoms with van der Waals surface area (Å²) >= 11 is 0. The topological polar surface area (TPSA) is 102 Å². The van der Waals surface area contributed by atoms with Gasteiger partial charge in [0.1, 0.15) is 11.9 Å². The molecule has 0 unspecified atom stereocenters. The summed E-state index contributed by atoms with van der Waals surface area (Å²) in [5.41, 5.74) is -0.415. The Morgan fingerprint density at radius 2 is 2.30 bits per heavy atom. The summed E-state index contributed by atoms with van der Waals surface area (Å²) in [6.07, 6.45) is -2.54. The van der Waals surface area contributed by atoms with Gasteiger partial charge in [-0.15, -0.1) is 0 Å². The molecule has 1 fully saturated rings. The van der Waals surface area contributed by atoms with Crippen LogP contribution in [0.3, 0.4) is 0 Å². The van der Waals surface area contributed by atoms with E-state index in [1.807, 2.05) is 0 Å². The molecule has 0 aromatic heterocycles. The highest BCUT2D eigenvalue weighted by Crippen LogP contribution is 2.38. The van der Waals surface area contributed by atoms with Crippen LogP contribution in [0, 0.1) is 15.9 Å². The van der Waals surface area contributed by atoms with E-state index < -0.39 is 35.7 Å². The van der Waals surface area contributed by atoms with Gasteiger partial charge in [0.05, 0.1) is 30.8 Å². The van der Waals surface area contributed by atoms with Crippen LogP contribution in [0.4, 0.5) is 10.1 Å². The third kappa shape index (κ3) is 2.58. The monoisotopic (exact) mass is 287 g/mol. The van der Waals surface area contributed by atoms with Gasteiger partial charge in [0.2, 0.25) is 0 Å². The number of nitrogens with zero attached hydrogens (tertiary/aromatic N) is 1. The standard InChI is InChI=1S/C12H14FNO6/c1-19-11-3-7(13)6(2-8(11)14(17)18)10-4-9(16)12(5-15)20-10/h2-3,9-10,12,15-16H,4-5H2,1H3/t9-,10+,12+/m0/s1. The van der Waals surface area contributed by atoms with Gasteiger partial charge in [0.25, 0.3) is 0 Å². The number of ether oxygens (including phenoxy) is 2.